The summed E-state index contributed by atoms with van der Waals surface area (Å²) in [6.45, 7) is -0.409. The molecule has 0 bridgehead atoms. The van der Waals surface area contributed by atoms with Crippen molar-refractivity contribution in [3.63, 3.8) is 0 Å². The topological polar surface area (TPSA) is 73.2 Å². The summed E-state index contributed by atoms with van der Waals surface area (Å²) in [6, 6.07) is 10.7. The van der Waals surface area contributed by atoms with E-state index in [1.165, 1.54) is 6.20 Å². The maximum atomic E-state index is 12.2. The molecule has 0 saturated carbocycles. The second-order valence-electron chi connectivity index (χ2n) is 5.14. The summed E-state index contributed by atoms with van der Waals surface area (Å²) in [6.07, 6.45) is 3.20. The Kier molecular flexibility index (Phi) is 4.48. The second kappa shape index (κ2) is 6.72. The van der Waals surface area contributed by atoms with E-state index in [-0.39, 0.29) is 5.15 Å². The molecule has 1 amide bonds. The van der Waals surface area contributed by atoms with Crippen molar-refractivity contribution in [2.45, 2.75) is 0 Å². The van der Waals surface area contributed by atoms with Crippen LogP contribution in [0.15, 0.2) is 48.8 Å². The number of pyridine rings is 1. The van der Waals surface area contributed by atoms with E-state index in [1.807, 2.05) is 35.9 Å². The fourth-order valence-corrected chi connectivity index (χ4v) is 2.55. The van der Waals surface area contributed by atoms with Crippen molar-refractivity contribution in [1.29, 1.82) is 0 Å². The van der Waals surface area contributed by atoms with Gasteiger partial charge in [0, 0.05) is 30.3 Å². The summed E-state index contributed by atoms with van der Waals surface area (Å²) >= 11 is 5.86. The monoisotopic (exact) mass is 343 g/mol. The van der Waals surface area contributed by atoms with Crippen LogP contribution in [0.2, 0.25) is 5.15 Å². The average Bonchev–Trinajstić information content (AvgIpc) is 2.92. The van der Waals surface area contributed by atoms with Gasteiger partial charge in [-0.1, -0.05) is 29.8 Å². The molecular weight excluding hydrogens is 330 g/mol. The van der Waals surface area contributed by atoms with Crippen LogP contribution in [0.1, 0.15) is 10.4 Å². The van der Waals surface area contributed by atoms with Crippen molar-refractivity contribution in [2.75, 3.05) is 11.9 Å². The summed E-state index contributed by atoms with van der Waals surface area (Å²) in [7, 11) is 1.84. The Morgan fingerprint density at radius 2 is 2.04 bits per heavy atom. The number of aromatic nitrogens is 2. The standard InChI is InChI=1S/C17H14ClN3O3/c1-21-9-12(11-5-2-3-7-14(11)21)17(23)24-10-15(22)20-13-6-4-8-19-16(13)18/h2-9H,10H2,1H3,(H,20,22). The van der Waals surface area contributed by atoms with Gasteiger partial charge in [-0.25, -0.2) is 9.78 Å². The number of carbonyl (C=O) groups excluding carboxylic acids is 2. The number of nitrogens with zero attached hydrogens (tertiary/aromatic N) is 2. The van der Waals surface area contributed by atoms with E-state index in [4.69, 9.17) is 16.3 Å². The van der Waals surface area contributed by atoms with E-state index >= 15 is 0 Å². The number of aryl methyl sites for hydroxylation is 1. The van der Waals surface area contributed by atoms with Gasteiger partial charge in [-0.05, 0) is 18.2 Å². The fraction of sp³-hybridized carbons (Fsp3) is 0.118. The first-order valence-electron chi connectivity index (χ1n) is 7.18. The van der Waals surface area contributed by atoms with E-state index in [0.717, 1.165) is 10.9 Å². The maximum Gasteiger partial charge on any atom is 0.340 e. The van der Waals surface area contributed by atoms with E-state index in [1.54, 1.807) is 18.3 Å². The molecule has 0 aliphatic heterocycles. The highest BCUT2D eigenvalue weighted by Gasteiger charge is 2.16. The largest absolute Gasteiger partial charge is 0.452 e. The van der Waals surface area contributed by atoms with Gasteiger partial charge < -0.3 is 14.6 Å². The molecule has 0 fully saturated rings. The van der Waals surface area contributed by atoms with E-state index in [0.29, 0.717) is 11.3 Å². The third kappa shape index (κ3) is 3.23. The molecule has 0 aliphatic rings. The van der Waals surface area contributed by atoms with Gasteiger partial charge in [0.1, 0.15) is 0 Å². The average molecular weight is 344 g/mol. The molecule has 0 radical (unpaired) electrons. The van der Waals surface area contributed by atoms with Crippen molar-refractivity contribution < 1.29 is 14.3 Å². The molecule has 0 unspecified atom stereocenters. The van der Waals surface area contributed by atoms with Gasteiger partial charge in [0.15, 0.2) is 11.8 Å². The number of nitrogens with one attached hydrogen (secondary N) is 1. The van der Waals surface area contributed by atoms with Gasteiger partial charge in [0.2, 0.25) is 0 Å². The summed E-state index contributed by atoms with van der Waals surface area (Å²) in [5.74, 6) is -1.04. The first-order valence-corrected chi connectivity index (χ1v) is 7.55. The number of amides is 1. The molecule has 1 aromatic carbocycles. The highest BCUT2D eigenvalue weighted by Crippen LogP contribution is 2.21. The molecule has 0 saturated heterocycles. The minimum absolute atomic E-state index is 0.172. The van der Waals surface area contributed by atoms with Crippen LogP contribution in [0.3, 0.4) is 0 Å². The molecule has 122 valence electrons. The van der Waals surface area contributed by atoms with Crippen LogP contribution >= 0.6 is 11.6 Å². The molecule has 7 heteroatoms. The number of carbonyl (C=O) groups is 2. The zero-order chi connectivity index (χ0) is 17.1. The van der Waals surface area contributed by atoms with Crippen LogP contribution in [0.4, 0.5) is 5.69 Å². The number of esters is 1. The lowest BCUT2D eigenvalue weighted by Crippen LogP contribution is -2.21. The Bertz CT molecular complexity index is 920. The lowest BCUT2D eigenvalue weighted by Gasteiger charge is -2.07. The lowest BCUT2D eigenvalue weighted by atomic mass is 10.2. The number of anilines is 1. The molecule has 0 atom stereocenters. The summed E-state index contributed by atoms with van der Waals surface area (Å²) < 4.78 is 6.93. The number of ether oxygens (including phenoxy) is 1. The van der Waals surface area contributed by atoms with Crippen molar-refractivity contribution in [3.8, 4) is 0 Å². The van der Waals surface area contributed by atoms with E-state index < -0.39 is 18.5 Å². The number of halogens is 1. The zero-order valence-corrected chi connectivity index (χ0v) is 13.6. The minimum Gasteiger partial charge on any atom is -0.452 e. The smallest absolute Gasteiger partial charge is 0.340 e. The first kappa shape index (κ1) is 16.0. The van der Waals surface area contributed by atoms with Crippen LogP contribution in [0.5, 0.6) is 0 Å². The van der Waals surface area contributed by atoms with Crippen LogP contribution in [-0.2, 0) is 16.6 Å². The summed E-state index contributed by atoms with van der Waals surface area (Å²) in [4.78, 5) is 28.0. The number of benzene rings is 1. The number of para-hydroxylation sites is 1. The molecule has 2 aromatic heterocycles. The molecular formula is C17H14ClN3O3. The Morgan fingerprint density at radius 3 is 2.83 bits per heavy atom. The Hall–Kier alpha value is -2.86. The Morgan fingerprint density at radius 1 is 1.25 bits per heavy atom. The molecule has 3 rings (SSSR count). The van der Waals surface area contributed by atoms with Crippen LogP contribution in [0.25, 0.3) is 10.9 Å². The number of hydrogen-bond donors (Lipinski definition) is 1. The van der Waals surface area contributed by atoms with Gasteiger partial charge in [0.25, 0.3) is 5.91 Å². The summed E-state index contributed by atoms with van der Waals surface area (Å²) in [5, 5.41) is 3.49. The van der Waals surface area contributed by atoms with E-state index in [2.05, 4.69) is 10.3 Å². The molecule has 24 heavy (non-hydrogen) atoms. The van der Waals surface area contributed by atoms with Crippen molar-refractivity contribution in [1.82, 2.24) is 9.55 Å². The SMILES string of the molecule is Cn1cc(C(=O)OCC(=O)Nc2cccnc2Cl)c2ccccc21. The van der Waals surface area contributed by atoms with Gasteiger partial charge in [-0.15, -0.1) is 0 Å². The number of rotatable bonds is 4. The molecule has 0 spiro atoms. The van der Waals surface area contributed by atoms with Crippen LogP contribution < -0.4 is 5.32 Å². The van der Waals surface area contributed by atoms with Gasteiger partial charge in [0.05, 0.1) is 11.3 Å². The summed E-state index contributed by atoms with van der Waals surface area (Å²) in [5.41, 5.74) is 1.70. The van der Waals surface area contributed by atoms with Gasteiger partial charge >= 0.3 is 5.97 Å². The fourth-order valence-electron chi connectivity index (χ4n) is 2.38. The van der Waals surface area contributed by atoms with Crippen LogP contribution in [-0.4, -0.2) is 28.0 Å². The molecule has 3 aromatic rings. The number of hydrogen-bond acceptors (Lipinski definition) is 4. The highest BCUT2D eigenvalue weighted by molar-refractivity contribution is 6.32. The van der Waals surface area contributed by atoms with Crippen LogP contribution in [0, 0.1) is 0 Å². The number of fused-ring (bicyclic) bond motifs is 1. The Balaban J connectivity index is 1.67. The molecule has 2 heterocycles. The van der Waals surface area contributed by atoms with E-state index in [9.17, 15) is 9.59 Å². The quantitative estimate of drug-likeness (QED) is 0.583. The van der Waals surface area contributed by atoms with Crippen molar-refractivity contribution in [3.05, 3.63) is 59.5 Å². The van der Waals surface area contributed by atoms with Gasteiger partial charge in [-0.3, -0.25) is 4.79 Å². The predicted octanol–water partition coefficient (Wildman–Crippen LogP) is 3.02. The third-order valence-corrected chi connectivity index (χ3v) is 3.79. The molecule has 6 nitrogen and oxygen atoms in total. The second-order valence-corrected chi connectivity index (χ2v) is 5.49. The molecule has 1 N–H and O–H groups in total. The normalized spacial score (nSPS) is 10.6. The highest BCUT2D eigenvalue weighted by atomic mass is 35.5. The minimum atomic E-state index is -0.556. The first-order chi connectivity index (χ1) is 11.6. The predicted molar refractivity (Wildman–Crippen MR) is 91.1 cm³/mol. The van der Waals surface area contributed by atoms with Crippen molar-refractivity contribution >= 4 is 40.1 Å². The Labute approximate surface area is 143 Å². The maximum absolute atomic E-state index is 12.2. The van der Waals surface area contributed by atoms with Crippen molar-refractivity contribution in [2.24, 2.45) is 7.05 Å². The zero-order valence-electron chi connectivity index (χ0n) is 12.8. The lowest BCUT2D eigenvalue weighted by molar-refractivity contribution is -0.119. The third-order valence-electron chi connectivity index (χ3n) is 3.48. The van der Waals surface area contributed by atoms with Gasteiger partial charge in [-0.2, -0.15) is 0 Å². The molecule has 0 aliphatic carbocycles.